The van der Waals surface area contributed by atoms with Crippen LogP contribution in [-0.4, -0.2) is 33.0 Å². The summed E-state index contributed by atoms with van der Waals surface area (Å²) in [4.78, 5) is 24.6. The number of alkyl halides is 3. The summed E-state index contributed by atoms with van der Waals surface area (Å²) in [6, 6.07) is 18.9. The Labute approximate surface area is 187 Å². The molecule has 0 radical (unpaired) electrons. The van der Waals surface area contributed by atoms with Gasteiger partial charge in [-0.05, 0) is 48.5 Å². The number of sulfonamides is 1. The number of hydrogen-bond acceptors (Lipinski definition) is 4. The van der Waals surface area contributed by atoms with Gasteiger partial charge in [0.25, 0.3) is 21.8 Å². The summed E-state index contributed by atoms with van der Waals surface area (Å²) in [5.74, 6) is -1.68. The first-order chi connectivity index (χ1) is 15.5. The van der Waals surface area contributed by atoms with E-state index in [-0.39, 0.29) is 21.7 Å². The molecule has 3 N–H and O–H groups in total. The molecular weight excluding hydrogens is 459 g/mol. The first-order valence-corrected chi connectivity index (χ1v) is 11.0. The van der Waals surface area contributed by atoms with E-state index in [1.54, 1.807) is 35.6 Å². The minimum Gasteiger partial charge on any atom is -0.343 e. The molecule has 0 saturated heterocycles. The summed E-state index contributed by atoms with van der Waals surface area (Å²) in [6.45, 7) is -1.51. The lowest BCUT2D eigenvalue weighted by Gasteiger charge is -2.13. The Bertz CT molecular complexity index is 1250. The number of carbonyl (C=O) groups excluding carboxylic acids is 2. The molecular formula is C22H18F3N3O4S. The van der Waals surface area contributed by atoms with Crippen molar-refractivity contribution in [1.82, 2.24) is 5.32 Å². The van der Waals surface area contributed by atoms with Gasteiger partial charge in [-0.3, -0.25) is 14.3 Å². The van der Waals surface area contributed by atoms with Gasteiger partial charge in [-0.1, -0.05) is 30.3 Å². The van der Waals surface area contributed by atoms with E-state index in [4.69, 9.17) is 0 Å². The molecule has 172 valence electrons. The smallest absolute Gasteiger partial charge is 0.343 e. The van der Waals surface area contributed by atoms with Crippen LogP contribution in [0.5, 0.6) is 0 Å². The van der Waals surface area contributed by atoms with Crippen LogP contribution in [0.2, 0.25) is 0 Å². The Hall–Kier alpha value is -3.86. The zero-order chi connectivity index (χ0) is 24.1. The fourth-order valence-electron chi connectivity index (χ4n) is 2.77. The summed E-state index contributed by atoms with van der Waals surface area (Å²) in [7, 11) is -3.88. The van der Waals surface area contributed by atoms with Crippen molar-refractivity contribution in [2.75, 3.05) is 16.6 Å². The molecule has 0 spiro atoms. The van der Waals surface area contributed by atoms with Crippen LogP contribution in [0.25, 0.3) is 0 Å². The van der Waals surface area contributed by atoms with Crippen molar-refractivity contribution in [2.45, 2.75) is 11.1 Å². The number of rotatable bonds is 7. The molecule has 0 aliphatic carbocycles. The SMILES string of the molecule is O=C(Nc1ccccc1C(=O)NCC(F)(F)F)c1ccc(S(=O)(=O)Nc2ccccc2)cc1. The average molecular weight is 477 g/mol. The molecule has 0 aliphatic rings. The molecule has 3 rings (SSSR count). The highest BCUT2D eigenvalue weighted by Gasteiger charge is 2.28. The fraction of sp³-hybridized carbons (Fsp3) is 0.0909. The van der Waals surface area contributed by atoms with Crippen molar-refractivity contribution < 1.29 is 31.2 Å². The third kappa shape index (κ3) is 6.56. The zero-order valence-electron chi connectivity index (χ0n) is 16.9. The molecule has 0 aliphatic heterocycles. The van der Waals surface area contributed by atoms with E-state index in [0.29, 0.717) is 5.69 Å². The number of nitrogens with one attached hydrogen (secondary N) is 3. The second kappa shape index (κ2) is 9.74. The number of amides is 2. The van der Waals surface area contributed by atoms with Crippen molar-refractivity contribution in [3.8, 4) is 0 Å². The number of halogens is 3. The van der Waals surface area contributed by atoms with E-state index in [1.807, 2.05) is 0 Å². The minimum atomic E-state index is -4.58. The summed E-state index contributed by atoms with van der Waals surface area (Å²) >= 11 is 0. The predicted octanol–water partition coefficient (Wildman–Crippen LogP) is 4.03. The van der Waals surface area contributed by atoms with Gasteiger partial charge in [-0.15, -0.1) is 0 Å². The van der Waals surface area contributed by atoms with E-state index in [2.05, 4.69) is 10.0 Å². The topological polar surface area (TPSA) is 104 Å². The lowest BCUT2D eigenvalue weighted by molar-refractivity contribution is -0.123. The number of carbonyl (C=O) groups is 2. The molecule has 3 aromatic rings. The lowest BCUT2D eigenvalue weighted by atomic mass is 10.1. The fourth-order valence-corrected chi connectivity index (χ4v) is 3.82. The third-order valence-corrected chi connectivity index (χ3v) is 5.72. The highest BCUT2D eigenvalue weighted by molar-refractivity contribution is 7.92. The number of benzene rings is 3. The zero-order valence-corrected chi connectivity index (χ0v) is 17.7. The maximum atomic E-state index is 12.6. The molecule has 0 bridgehead atoms. The van der Waals surface area contributed by atoms with E-state index < -0.39 is 34.6 Å². The van der Waals surface area contributed by atoms with Crippen LogP contribution in [0.15, 0.2) is 83.8 Å². The van der Waals surface area contributed by atoms with Gasteiger partial charge < -0.3 is 10.6 Å². The van der Waals surface area contributed by atoms with E-state index >= 15 is 0 Å². The van der Waals surface area contributed by atoms with Crippen molar-refractivity contribution in [2.24, 2.45) is 0 Å². The number of hydrogen-bond donors (Lipinski definition) is 3. The second-order valence-corrected chi connectivity index (χ2v) is 8.48. The van der Waals surface area contributed by atoms with Crippen LogP contribution in [0.1, 0.15) is 20.7 Å². The monoisotopic (exact) mass is 477 g/mol. The maximum absolute atomic E-state index is 12.6. The van der Waals surface area contributed by atoms with Gasteiger partial charge in [0.15, 0.2) is 0 Å². The molecule has 0 heterocycles. The van der Waals surface area contributed by atoms with E-state index in [9.17, 15) is 31.2 Å². The second-order valence-electron chi connectivity index (χ2n) is 6.79. The Kier molecular flexibility index (Phi) is 7.02. The molecule has 2 amide bonds. The molecule has 0 fully saturated rings. The largest absolute Gasteiger partial charge is 0.405 e. The van der Waals surface area contributed by atoms with Crippen LogP contribution >= 0.6 is 0 Å². The van der Waals surface area contributed by atoms with Gasteiger partial charge in [-0.2, -0.15) is 13.2 Å². The molecule has 7 nitrogen and oxygen atoms in total. The van der Waals surface area contributed by atoms with Crippen LogP contribution in [0.3, 0.4) is 0 Å². The van der Waals surface area contributed by atoms with Crippen LogP contribution < -0.4 is 15.4 Å². The minimum absolute atomic E-state index is 0.00427. The van der Waals surface area contributed by atoms with E-state index in [1.165, 1.54) is 48.5 Å². The first-order valence-electron chi connectivity index (χ1n) is 9.48. The Morgan fingerprint density at radius 3 is 2.03 bits per heavy atom. The summed E-state index contributed by atoms with van der Waals surface area (Å²) in [6.07, 6.45) is -4.58. The Balaban J connectivity index is 1.72. The van der Waals surface area contributed by atoms with Gasteiger partial charge in [0.2, 0.25) is 0 Å². The standard InChI is InChI=1S/C22H18F3N3O4S/c23-22(24,25)14-26-21(30)18-8-4-5-9-19(18)27-20(29)15-10-12-17(13-11-15)33(31,32)28-16-6-2-1-3-7-16/h1-13,28H,14H2,(H,26,30)(H,27,29). The lowest BCUT2D eigenvalue weighted by Crippen LogP contribution is -2.34. The first kappa shape index (κ1) is 23.8. The van der Waals surface area contributed by atoms with E-state index in [0.717, 1.165) is 0 Å². The maximum Gasteiger partial charge on any atom is 0.405 e. The molecule has 0 atom stereocenters. The normalized spacial score (nSPS) is 11.5. The average Bonchev–Trinajstić information content (AvgIpc) is 2.78. The molecule has 3 aromatic carbocycles. The number of para-hydroxylation sites is 2. The van der Waals surface area contributed by atoms with Gasteiger partial charge in [-0.25, -0.2) is 8.42 Å². The van der Waals surface area contributed by atoms with Crippen LogP contribution in [-0.2, 0) is 10.0 Å². The van der Waals surface area contributed by atoms with Crippen molar-refractivity contribution in [3.05, 3.63) is 90.0 Å². The molecule has 0 saturated carbocycles. The van der Waals surface area contributed by atoms with Crippen LogP contribution in [0.4, 0.5) is 24.5 Å². The van der Waals surface area contributed by atoms with Gasteiger partial charge in [0.1, 0.15) is 6.54 Å². The number of anilines is 2. The summed E-state index contributed by atoms with van der Waals surface area (Å²) in [5, 5.41) is 4.20. The van der Waals surface area contributed by atoms with Crippen molar-refractivity contribution in [1.29, 1.82) is 0 Å². The van der Waals surface area contributed by atoms with Crippen LogP contribution in [0, 0.1) is 0 Å². The molecule has 0 unspecified atom stereocenters. The molecule has 33 heavy (non-hydrogen) atoms. The quantitative estimate of drug-likeness (QED) is 0.478. The predicted molar refractivity (Wildman–Crippen MR) is 116 cm³/mol. The van der Waals surface area contributed by atoms with Gasteiger partial charge >= 0.3 is 6.18 Å². The molecule has 0 aromatic heterocycles. The van der Waals surface area contributed by atoms with Gasteiger partial charge in [0, 0.05) is 11.3 Å². The highest BCUT2D eigenvalue weighted by atomic mass is 32.2. The summed E-state index contributed by atoms with van der Waals surface area (Å²) < 4.78 is 64.5. The van der Waals surface area contributed by atoms with Gasteiger partial charge in [0.05, 0.1) is 16.1 Å². The highest BCUT2D eigenvalue weighted by Crippen LogP contribution is 2.20. The summed E-state index contributed by atoms with van der Waals surface area (Å²) in [5.41, 5.74) is 0.310. The third-order valence-electron chi connectivity index (χ3n) is 4.32. The molecule has 11 heteroatoms. The van der Waals surface area contributed by atoms with Crippen molar-refractivity contribution in [3.63, 3.8) is 0 Å². The Morgan fingerprint density at radius 2 is 1.39 bits per heavy atom. The van der Waals surface area contributed by atoms with Crippen molar-refractivity contribution >= 4 is 33.2 Å². The Morgan fingerprint density at radius 1 is 0.788 bits per heavy atom.